The molecule has 3 rings (SSSR count). The van der Waals surface area contributed by atoms with E-state index in [1.54, 1.807) is 23.7 Å². The van der Waals surface area contributed by atoms with E-state index in [1.165, 1.54) is 11.3 Å². The van der Waals surface area contributed by atoms with Gasteiger partial charge in [-0.1, -0.05) is 25.2 Å². The largest absolute Gasteiger partial charge is 0.374 e. The molecule has 0 aliphatic rings. The molecule has 0 radical (unpaired) electrons. The Morgan fingerprint density at radius 3 is 2.40 bits per heavy atom. The second kappa shape index (κ2) is 5.26. The Balaban J connectivity index is 2.12. The first kappa shape index (κ1) is 13.1. The van der Waals surface area contributed by atoms with Gasteiger partial charge in [0.1, 0.15) is 5.01 Å². The number of aromatic nitrogens is 4. The third kappa shape index (κ3) is 2.41. The molecule has 0 aliphatic heterocycles. The van der Waals surface area contributed by atoms with Crippen LogP contribution in [0.2, 0.25) is 0 Å². The first-order valence-electron chi connectivity index (χ1n) is 6.15. The Bertz CT molecular complexity index is 717. The maximum Gasteiger partial charge on any atom is 0.203 e. The standard InChI is InChI=1S/C13H13N5S2/c1-7(2)9-10(12-17-18-13(14)20-12)19-11(16-9)8-3-5-15-6-4-8/h3-7H,1-2H3,(H2,14,18). The van der Waals surface area contributed by atoms with Crippen LogP contribution in [0, 0.1) is 0 Å². The number of nitrogens with zero attached hydrogens (tertiary/aromatic N) is 4. The van der Waals surface area contributed by atoms with Crippen molar-refractivity contribution in [2.45, 2.75) is 19.8 Å². The van der Waals surface area contributed by atoms with Crippen LogP contribution in [0.3, 0.4) is 0 Å². The van der Waals surface area contributed by atoms with Crippen LogP contribution in [0.15, 0.2) is 24.5 Å². The van der Waals surface area contributed by atoms with E-state index >= 15 is 0 Å². The fourth-order valence-electron chi connectivity index (χ4n) is 1.82. The van der Waals surface area contributed by atoms with Gasteiger partial charge >= 0.3 is 0 Å². The zero-order valence-electron chi connectivity index (χ0n) is 11.1. The fraction of sp³-hybridized carbons (Fsp3) is 0.231. The summed E-state index contributed by atoms with van der Waals surface area (Å²) in [6.07, 6.45) is 3.54. The predicted octanol–water partition coefficient (Wildman–Crippen LogP) is 3.43. The maximum atomic E-state index is 5.68. The molecule has 0 bridgehead atoms. The van der Waals surface area contributed by atoms with Gasteiger partial charge < -0.3 is 5.73 Å². The van der Waals surface area contributed by atoms with E-state index in [0.717, 1.165) is 26.1 Å². The monoisotopic (exact) mass is 303 g/mol. The van der Waals surface area contributed by atoms with E-state index in [2.05, 4.69) is 29.0 Å². The Labute approximate surface area is 124 Å². The number of hydrogen-bond donors (Lipinski definition) is 1. The Morgan fingerprint density at radius 2 is 1.80 bits per heavy atom. The Morgan fingerprint density at radius 1 is 1.05 bits per heavy atom. The van der Waals surface area contributed by atoms with E-state index in [1.807, 2.05) is 12.1 Å². The topological polar surface area (TPSA) is 77.6 Å². The van der Waals surface area contributed by atoms with Crippen molar-refractivity contribution < 1.29 is 0 Å². The van der Waals surface area contributed by atoms with Crippen molar-refractivity contribution in [2.75, 3.05) is 5.73 Å². The zero-order chi connectivity index (χ0) is 14.1. The average Bonchev–Trinajstić information content (AvgIpc) is 3.05. The predicted molar refractivity (Wildman–Crippen MR) is 82.7 cm³/mol. The molecule has 102 valence electrons. The molecule has 0 saturated carbocycles. The van der Waals surface area contributed by atoms with E-state index in [-0.39, 0.29) is 0 Å². The van der Waals surface area contributed by atoms with Crippen LogP contribution in [0.25, 0.3) is 20.5 Å². The summed E-state index contributed by atoms with van der Waals surface area (Å²) in [6, 6.07) is 3.92. The van der Waals surface area contributed by atoms with Gasteiger partial charge in [0.25, 0.3) is 0 Å². The van der Waals surface area contributed by atoms with Crippen LogP contribution >= 0.6 is 22.7 Å². The second-order valence-corrected chi connectivity index (χ2v) is 6.58. The minimum Gasteiger partial charge on any atom is -0.374 e. The molecule has 0 saturated heterocycles. The first-order valence-corrected chi connectivity index (χ1v) is 7.79. The van der Waals surface area contributed by atoms with E-state index in [0.29, 0.717) is 11.0 Å². The van der Waals surface area contributed by atoms with Crippen LogP contribution in [0.5, 0.6) is 0 Å². The van der Waals surface area contributed by atoms with Crippen molar-refractivity contribution in [3.05, 3.63) is 30.2 Å². The lowest BCUT2D eigenvalue weighted by molar-refractivity contribution is 0.835. The summed E-state index contributed by atoms with van der Waals surface area (Å²) in [6.45, 7) is 4.25. The van der Waals surface area contributed by atoms with Crippen molar-refractivity contribution >= 4 is 27.8 Å². The van der Waals surface area contributed by atoms with Crippen LogP contribution < -0.4 is 5.73 Å². The molecule has 3 aromatic heterocycles. The second-order valence-electron chi connectivity index (χ2n) is 4.57. The smallest absolute Gasteiger partial charge is 0.203 e. The summed E-state index contributed by atoms with van der Waals surface area (Å²) < 4.78 is 0. The molecule has 0 amide bonds. The molecule has 3 aromatic rings. The van der Waals surface area contributed by atoms with Gasteiger partial charge in [-0.05, 0) is 18.1 Å². The van der Waals surface area contributed by atoms with Crippen molar-refractivity contribution in [3.63, 3.8) is 0 Å². The highest BCUT2D eigenvalue weighted by molar-refractivity contribution is 7.24. The normalized spacial score (nSPS) is 11.2. The summed E-state index contributed by atoms with van der Waals surface area (Å²) in [5.74, 6) is 0.321. The Hall–Kier alpha value is -1.86. The number of nitrogens with two attached hydrogens (primary N) is 1. The van der Waals surface area contributed by atoms with Gasteiger partial charge in [0, 0.05) is 18.0 Å². The van der Waals surface area contributed by atoms with E-state index in [4.69, 9.17) is 10.7 Å². The van der Waals surface area contributed by atoms with Crippen molar-refractivity contribution in [1.29, 1.82) is 0 Å². The van der Waals surface area contributed by atoms with Crippen molar-refractivity contribution in [2.24, 2.45) is 0 Å². The van der Waals surface area contributed by atoms with Gasteiger partial charge in [0.15, 0.2) is 5.01 Å². The Kier molecular flexibility index (Phi) is 3.45. The fourth-order valence-corrected chi connectivity index (χ4v) is 3.73. The number of hydrogen-bond acceptors (Lipinski definition) is 7. The highest BCUT2D eigenvalue weighted by Gasteiger charge is 2.19. The van der Waals surface area contributed by atoms with Gasteiger partial charge in [0.05, 0.1) is 10.6 Å². The lowest BCUT2D eigenvalue weighted by atomic mass is 10.1. The summed E-state index contributed by atoms with van der Waals surface area (Å²) in [5.41, 5.74) is 7.79. The number of nitrogen functional groups attached to an aromatic ring is 1. The van der Waals surface area contributed by atoms with Crippen molar-refractivity contribution in [1.82, 2.24) is 20.2 Å². The van der Waals surface area contributed by atoms with Gasteiger partial charge in [0.2, 0.25) is 5.13 Å². The van der Waals surface area contributed by atoms with E-state index < -0.39 is 0 Å². The minimum atomic E-state index is 0.321. The average molecular weight is 303 g/mol. The molecular formula is C13H13N5S2. The SMILES string of the molecule is CC(C)c1nc(-c2ccncc2)sc1-c1nnc(N)s1. The molecule has 3 heterocycles. The molecule has 0 aliphatic carbocycles. The number of thiazole rings is 1. The molecule has 0 spiro atoms. The van der Waals surface area contributed by atoms with Crippen LogP contribution in [0.4, 0.5) is 5.13 Å². The summed E-state index contributed by atoms with van der Waals surface area (Å²) in [5, 5.41) is 10.3. The minimum absolute atomic E-state index is 0.321. The van der Waals surface area contributed by atoms with Crippen LogP contribution in [-0.4, -0.2) is 20.2 Å². The van der Waals surface area contributed by atoms with Gasteiger partial charge in [-0.2, -0.15) is 0 Å². The van der Waals surface area contributed by atoms with Crippen molar-refractivity contribution in [3.8, 4) is 20.5 Å². The lowest BCUT2D eigenvalue weighted by Crippen LogP contribution is -1.90. The van der Waals surface area contributed by atoms with Gasteiger partial charge in [-0.15, -0.1) is 21.5 Å². The molecule has 0 fully saturated rings. The third-order valence-corrected chi connectivity index (χ3v) is 4.79. The first-order chi connectivity index (χ1) is 9.65. The highest BCUT2D eigenvalue weighted by Crippen LogP contribution is 2.39. The molecular weight excluding hydrogens is 290 g/mol. The molecule has 20 heavy (non-hydrogen) atoms. The molecule has 5 nitrogen and oxygen atoms in total. The summed E-state index contributed by atoms with van der Waals surface area (Å²) in [4.78, 5) is 9.85. The molecule has 7 heteroatoms. The van der Waals surface area contributed by atoms with Gasteiger partial charge in [-0.3, -0.25) is 4.98 Å². The maximum absolute atomic E-state index is 5.68. The van der Waals surface area contributed by atoms with Gasteiger partial charge in [-0.25, -0.2) is 4.98 Å². The molecule has 0 aromatic carbocycles. The summed E-state index contributed by atoms with van der Waals surface area (Å²) in [7, 11) is 0. The van der Waals surface area contributed by atoms with E-state index in [9.17, 15) is 0 Å². The number of anilines is 1. The zero-order valence-corrected chi connectivity index (χ0v) is 12.7. The van der Waals surface area contributed by atoms with Crippen LogP contribution in [-0.2, 0) is 0 Å². The number of rotatable bonds is 3. The molecule has 2 N–H and O–H groups in total. The highest BCUT2D eigenvalue weighted by atomic mass is 32.1. The van der Waals surface area contributed by atoms with Crippen LogP contribution in [0.1, 0.15) is 25.5 Å². The molecule has 0 unspecified atom stereocenters. The molecule has 0 atom stereocenters. The third-order valence-electron chi connectivity index (χ3n) is 2.76. The quantitative estimate of drug-likeness (QED) is 0.802. The lowest BCUT2D eigenvalue weighted by Gasteiger charge is -2.01. The summed E-state index contributed by atoms with van der Waals surface area (Å²) >= 11 is 3.02. The number of pyridine rings is 1.